The van der Waals surface area contributed by atoms with E-state index in [0.29, 0.717) is 11.5 Å². The molecule has 1 heterocycles. The summed E-state index contributed by atoms with van der Waals surface area (Å²) in [7, 11) is -2.78. The van der Waals surface area contributed by atoms with Crippen LogP contribution in [0.1, 0.15) is 45.2 Å². The van der Waals surface area contributed by atoms with Gasteiger partial charge in [0.15, 0.2) is 9.84 Å². The van der Waals surface area contributed by atoms with Crippen LogP contribution in [0.4, 0.5) is 0 Å². The molecule has 1 fully saturated rings. The molecular weight excluding hydrogens is 282 g/mol. The predicted molar refractivity (Wildman–Crippen MR) is 88.0 cm³/mol. The first kappa shape index (κ1) is 16.5. The summed E-state index contributed by atoms with van der Waals surface area (Å²) < 4.78 is 23.1. The van der Waals surface area contributed by atoms with Gasteiger partial charge in [0.1, 0.15) is 0 Å². The predicted octanol–water partition coefficient (Wildman–Crippen LogP) is 3.19. The van der Waals surface area contributed by atoms with Gasteiger partial charge in [-0.05, 0) is 36.3 Å². The molecule has 0 bridgehead atoms. The molecule has 0 unspecified atom stereocenters. The van der Waals surface area contributed by atoms with Gasteiger partial charge in [0, 0.05) is 6.04 Å². The van der Waals surface area contributed by atoms with E-state index in [0.717, 1.165) is 19.4 Å². The maximum Gasteiger partial charge on any atom is 0.150 e. The highest BCUT2D eigenvalue weighted by molar-refractivity contribution is 7.91. The van der Waals surface area contributed by atoms with Crippen molar-refractivity contribution in [3.05, 3.63) is 35.9 Å². The van der Waals surface area contributed by atoms with Crippen molar-refractivity contribution in [3.8, 4) is 0 Å². The minimum atomic E-state index is -2.78. The third kappa shape index (κ3) is 5.44. The molecule has 3 nitrogen and oxygen atoms in total. The fraction of sp³-hybridized carbons (Fsp3) is 0.647. The quantitative estimate of drug-likeness (QED) is 0.908. The van der Waals surface area contributed by atoms with Crippen molar-refractivity contribution in [3.63, 3.8) is 0 Å². The minimum Gasteiger partial charge on any atom is -0.310 e. The molecule has 1 aromatic carbocycles. The zero-order valence-corrected chi connectivity index (χ0v) is 14.1. The summed E-state index contributed by atoms with van der Waals surface area (Å²) in [4.78, 5) is 0. The van der Waals surface area contributed by atoms with Crippen molar-refractivity contribution in [2.75, 3.05) is 18.1 Å². The molecule has 0 radical (unpaired) electrons. The summed E-state index contributed by atoms with van der Waals surface area (Å²) in [6.45, 7) is 7.51. The van der Waals surface area contributed by atoms with E-state index in [2.05, 4.69) is 50.4 Å². The van der Waals surface area contributed by atoms with Crippen LogP contribution in [0.2, 0.25) is 0 Å². The third-order valence-corrected chi connectivity index (χ3v) is 5.84. The number of rotatable bonds is 5. The molecule has 1 aromatic rings. The average molecular weight is 309 g/mol. The van der Waals surface area contributed by atoms with Crippen LogP contribution in [-0.2, 0) is 9.84 Å². The smallest absolute Gasteiger partial charge is 0.150 e. The highest BCUT2D eigenvalue weighted by Crippen LogP contribution is 2.30. The maximum atomic E-state index is 11.6. The molecule has 2 rings (SSSR count). The molecule has 1 N–H and O–H groups in total. The van der Waals surface area contributed by atoms with Crippen LogP contribution in [0.3, 0.4) is 0 Å². The van der Waals surface area contributed by atoms with Crippen LogP contribution in [0.25, 0.3) is 0 Å². The first-order valence-corrected chi connectivity index (χ1v) is 9.56. The fourth-order valence-electron chi connectivity index (χ4n) is 2.95. The largest absolute Gasteiger partial charge is 0.310 e. The van der Waals surface area contributed by atoms with Gasteiger partial charge in [0.25, 0.3) is 0 Å². The van der Waals surface area contributed by atoms with E-state index in [1.165, 1.54) is 5.56 Å². The lowest BCUT2D eigenvalue weighted by Crippen LogP contribution is -2.30. The zero-order valence-electron chi connectivity index (χ0n) is 13.3. The number of nitrogens with one attached hydrogen (secondary N) is 1. The molecule has 0 aliphatic carbocycles. The maximum absolute atomic E-state index is 11.6. The summed E-state index contributed by atoms with van der Waals surface area (Å²) >= 11 is 0. The van der Waals surface area contributed by atoms with Crippen LogP contribution in [0.5, 0.6) is 0 Å². The molecule has 21 heavy (non-hydrogen) atoms. The molecule has 118 valence electrons. The Morgan fingerprint density at radius 2 is 1.90 bits per heavy atom. The monoisotopic (exact) mass is 309 g/mol. The lowest BCUT2D eigenvalue weighted by atomic mass is 9.85. The second-order valence-electron chi connectivity index (χ2n) is 7.41. The zero-order chi connectivity index (χ0) is 15.5. The Morgan fingerprint density at radius 1 is 1.24 bits per heavy atom. The Kier molecular flexibility index (Phi) is 5.10. The molecule has 0 spiro atoms. The molecule has 1 aliphatic heterocycles. The van der Waals surface area contributed by atoms with E-state index in [1.807, 2.05) is 6.07 Å². The van der Waals surface area contributed by atoms with Gasteiger partial charge in [-0.2, -0.15) is 0 Å². The molecule has 0 amide bonds. The first-order valence-electron chi connectivity index (χ1n) is 7.74. The highest BCUT2D eigenvalue weighted by atomic mass is 32.2. The highest BCUT2D eigenvalue weighted by Gasteiger charge is 2.29. The number of sulfone groups is 1. The van der Waals surface area contributed by atoms with Crippen LogP contribution >= 0.6 is 0 Å². The summed E-state index contributed by atoms with van der Waals surface area (Å²) in [5.74, 6) is 0.965. The second kappa shape index (κ2) is 6.49. The molecule has 1 saturated heterocycles. The summed E-state index contributed by atoms with van der Waals surface area (Å²) in [5, 5.41) is 3.61. The third-order valence-electron chi connectivity index (χ3n) is 4.00. The van der Waals surface area contributed by atoms with Crippen molar-refractivity contribution in [2.45, 2.75) is 39.7 Å². The van der Waals surface area contributed by atoms with Crippen molar-refractivity contribution < 1.29 is 8.42 Å². The lowest BCUT2D eigenvalue weighted by molar-refractivity contribution is 0.303. The molecule has 0 saturated carbocycles. The van der Waals surface area contributed by atoms with Crippen molar-refractivity contribution in [1.82, 2.24) is 5.32 Å². The van der Waals surface area contributed by atoms with Gasteiger partial charge in [-0.25, -0.2) is 8.42 Å². The van der Waals surface area contributed by atoms with Gasteiger partial charge < -0.3 is 5.32 Å². The number of hydrogen-bond acceptors (Lipinski definition) is 3. The Labute approximate surface area is 129 Å². The second-order valence-corrected chi connectivity index (χ2v) is 9.63. The van der Waals surface area contributed by atoms with Gasteiger partial charge in [0.2, 0.25) is 0 Å². The standard InChI is InChI=1S/C17H27NO2S/c1-17(2,3)11-16(15-7-5-4-6-8-15)18-12-14-9-10-21(19,20)13-14/h4-8,14,16,18H,9-13H2,1-3H3/t14-,16+/m0/s1. The number of benzene rings is 1. The number of hydrogen-bond donors (Lipinski definition) is 1. The first-order chi connectivity index (χ1) is 9.75. The topological polar surface area (TPSA) is 46.2 Å². The van der Waals surface area contributed by atoms with Crippen molar-refractivity contribution >= 4 is 9.84 Å². The summed E-state index contributed by atoms with van der Waals surface area (Å²) in [5.41, 5.74) is 1.52. The van der Waals surface area contributed by atoms with Crippen molar-refractivity contribution in [1.29, 1.82) is 0 Å². The minimum absolute atomic E-state index is 0.231. The fourth-order valence-corrected chi connectivity index (χ4v) is 4.81. The average Bonchev–Trinajstić information content (AvgIpc) is 2.74. The molecule has 4 heteroatoms. The Bertz CT molecular complexity index is 546. The van der Waals surface area contributed by atoms with Crippen LogP contribution in [-0.4, -0.2) is 26.5 Å². The van der Waals surface area contributed by atoms with E-state index >= 15 is 0 Å². The van der Waals surface area contributed by atoms with Gasteiger partial charge >= 0.3 is 0 Å². The molecule has 0 aromatic heterocycles. The normalized spacial score (nSPS) is 23.1. The molecule has 1 aliphatic rings. The summed E-state index contributed by atoms with van der Waals surface area (Å²) in [6.07, 6.45) is 1.84. The SMILES string of the molecule is CC(C)(C)C[C@@H](NC[C@@H]1CCS(=O)(=O)C1)c1ccccc1. The van der Waals surface area contributed by atoms with Gasteiger partial charge in [0.05, 0.1) is 11.5 Å². The van der Waals surface area contributed by atoms with E-state index in [-0.39, 0.29) is 17.4 Å². The van der Waals surface area contributed by atoms with Crippen LogP contribution in [0, 0.1) is 11.3 Å². The molecular formula is C17H27NO2S. The van der Waals surface area contributed by atoms with Crippen LogP contribution < -0.4 is 5.32 Å². The van der Waals surface area contributed by atoms with Crippen LogP contribution in [0.15, 0.2) is 30.3 Å². The Balaban J connectivity index is 2.00. The van der Waals surface area contributed by atoms with E-state index < -0.39 is 9.84 Å². The van der Waals surface area contributed by atoms with Gasteiger partial charge in [-0.15, -0.1) is 0 Å². The molecule has 2 atom stereocenters. The van der Waals surface area contributed by atoms with Gasteiger partial charge in [-0.3, -0.25) is 0 Å². The van der Waals surface area contributed by atoms with Crippen molar-refractivity contribution in [2.24, 2.45) is 11.3 Å². The van der Waals surface area contributed by atoms with Gasteiger partial charge in [-0.1, -0.05) is 51.1 Å². The lowest BCUT2D eigenvalue weighted by Gasteiger charge is -2.28. The van der Waals surface area contributed by atoms with E-state index in [9.17, 15) is 8.42 Å². The van der Waals surface area contributed by atoms with E-state index in [1.54, 1.807) is 0 Å². The Hall–Kier alpha value is -0.870. The summed E-state index contributed by atoms with van der Waals surface area (Å²) in [6, 6.07) is 10.7. The Morgan fingerprint density at radius 3 is 2.43 bits per heavy atom. The van der Waals surface area contributed by atoms with E-state index in [4.69, 9.17) is 0 Å².